The molecule has 0 aromatic carbocycles. The summed E-state index contributed by atoms with van der Waals surface area (Å²) in [5.74, 6) is 1.99. The summed E-state index contributed by atoms with van der Waals surface area (Å²) in [5, 5.41) is 0. The standard InChI is InChI=1S/C23H42O6/c1-3-5-7-24-9-11-26-13-15-28-22-19-17-20-21(22)23(20,18-19)29-16-14-27-12-10-25-8-6-4-2/h19-22H,3-18H2,1-2H3/t19-,20-,21+,22+,23+/m1/s1. The van der Waals surface area contributed by atoms with E-state index in [2.05, 4.69) is 13.8 Å². The van der Waals surface area contributed by atoms with Crippen LogP contribution in [0.15, 0.2) is 0 Å². The molecule has 4 rings (SSSR count). The Morgan fingerprint density at radius 3 is 1.83 bits per heavy atom. The fraction of sp³-hybridized carbons (Fsp3) is 1.00. The van der Waals surface area contributed by atoms with Crippen LogP contribution >= 0.6 is 0 Å². The molecule has 0 heterocycles. The van der Waals surface area contributed by atoms with Crippen molar-refractivity contribution in [3.8, 4) is 0 Å². The van der Waals surface area contributed by atoms with Crippen molar-refractivity contribution in [2.75, 3.05) is 66.1 Å². The van der Waals surface area contributed by atoms with Crippen molar-refractivity contribution in [2.24, 2.45) is 17.8 Å². The Balaban J connectivity index is 1.17. The lowest BCUT2D eigenvalue weighted by Crippen LogP contribution is -2.22. The van der Waals surface area contributed by atoms with Crippen molar-refractivity contribution in [3.05, 3.63) is 0 Å². The molecule has 4 fully saturated rings. The molecule has 0 aromatic heterocycles. The van der Waals surface area contributed by atoms with E-state index < -0.39 is 0 Å². The van der Waals surface area contributed by atoms with Gasteiger partial charge < -0.3 is 28.4 Å². The summed E-state index contributed by atoms with van der Waals surface area (Å²) in [6.45, 7) is 11.4. The smallest absolute Gasteiger partial charge is 0.0776 e. The van der Waals surface area contributed by atoms with Crippen LogP contribution in [-0.2, 0) is 28.4 Å². The first-order valence-corrected chi connectivity index (χ1v) is 11.9. The van der Waals surface area contributed by atoms with Crippen molar-refractivity contribution in [2.45, 2.75) is 64.1 Å². The van der Waals surface area contributed by atoms with E-state index in [1.165, 1.54) is 25.7 Å². The van der Waals surface area contributed by atoms with Gasteiger partial charge in [-0.2, -0.15) is 0 Å². The van der Waals surface area contributed by atoms with Crippen LogP contribution in [0, 0.1) is 17.8 Å². The van der Waals surface area contributed by atoms with Gasteiger partial charge >= 0.3 is 0 Å². The SMILES string of the molecule is CCCCOCCOCCO[C@H]1[C@@H]2C[C@@H]3[C@@H]1[C@]3(OCCOCCOCCCC)C2. The van der Waals surface area contributed by atoms with E-state index in [4.69, 9.17) is 28.4 Å². The number of unbranched alkanes of at least 4 members (excludes halogenated alkanes) is 2. The Bertz CT molecular complexity index is 447. The summed E-state index contributed by atoms with van der Waals surface area (Å²) in [7, 11) is 0. The molecule has 29 heavy (non-hydrogen) atoms. The molecule has 4 saturated carbocycles. The summed E-state index contributed by atoms with van der Waals surface area (Å²) >= 11 is 0. The highest BCUT2D eigenvalue weighted by atomic mass is 16.6. The average Bonchev–Trinajstić information content (AvgIpc) is 3.05. The van der Waals surface area contributed by atoms with Crippen LogP contribution in [0.5, 0.6) is 0 Å². The van der Waals surface area contributed by atoms with E-state index in [1.807, 2.05) is 0 Å². The molecule has 4 aliphatic rings. The van der Waals surface area contributed by atoms with Gasteiger partial charge in [0.1, 0.15) is 0 Å². The fourth-order valence-electron chi connectivity index (χ4n) is 5.20. The van der Waals surface area contributed by atoms with Gasteiger partial charge in [0, 0.05) is 19.1 Å². The lowest BCUT2D eigenvalue weighted by Gasteiger charge is -2.16. The molecular weight excluding hydrogens is 372 g/mol. The number of ether oxygens (including phenoxy) is 6. The third kappa shape index (κ3) is 6.37. The Hall–Kier alpha value is -0.240. The van der Waals surface area contributed by atoms with E-state index in [0.29, 0.717) is 76.7 Å². The Labute approximate surface area is 176 Å². The normalized spacial score (nSPS) is 31.7. The van der Waals surface area contributed by atoms with Gasteiger partial charge in [0.2, 0.25) is 0 Å². The molecule has 5 atom stereocenters. The molecule has 0 aromatic rings. The predicted molar refractivity (Wildman–Crippen MR) is 111 cm³/mol. The first-order valence-electron chi connectivity index (χ1n) is 11.9. The third-order valence-corrected chi connectivity index (χ3v) is 6.64. The number of hydrogen-bond donors (Lipinski definition) is 0. The molecule has 0 amide bonds. The van der Waals surface area contributed by atoms with Crippen LogP contribution < -0.4 is 0 Å². The molecule has 170 valence electrons. The zero-order valence-electron chi connectivity index (χ0n) is 18.6. The quantitative estimate of drug-likeness (QED) is 0.284. The number of rotatable bonds is 20. The molecule has 4 aliphatic carbocycles. The van der Waals surface area contributed by atoms with Gasteiger partial charge in [0.15, 0.2) is 0 Å². The van der Waals surface area contributed by atoms with Crippen LogP contribution in [0.25, 0.3) is 0 Å². The van der Waals surface area contributed by atoms with Gasteiger partial charge in [-0.3, -0.25) is 0 Å². The summed E-state index contributed by atoms with van der Waals surface area (Å²) < 4.78 is 34.7. The van der Waals surface area contributed by atoms with Gasteiger partial charge in [-0.05, 0) is 37.5 Å². The maximum Gasteiger partial charge on any atom is 0.0776 e. The van der Waals surface area contributed by atoms with Crippen LogP contribution in [0.1, 0.15) is 52.4 Å². The first kappa shape index (κ1) is 23.4. The van der Waals surface area contributed by atoms with E-state index in [-0.39, 0.29) is 5.60 Å². The second kappa shape index (κ2) is 12.6. The van der Waals surface area contributed by atoms with Crippen molar-refractivity contribution in [1.29, 1.82) is 0 Å². The highest BCUT2D eigenvalue weighted by molar-refractivity contribution is 5.29. The second-order valence-electron chi connectivity index (χ2n) is 8.63. The van der Waals surface area contributed by atoms with Crippen LogP contribution in [0.2, 0.25) is 0 Å². The van der Waals surface area contributed by atoms with Crippen LogP contribution in [0.4, 0.5) is 0 Å². The van der Waals surface area contributed by atoms with Crippen LogP contribution in [0.3, 0.4) is 0 Å². The van der Waals surface area contributed by atoms with Crippen LogP contribution in [-0.4, -0.2) is 77.8 Å². The molecule has 0 unspecified atom stereocenters. The second-order valence-corrected chi connectivity index (χ2v) is 8.63. The summed E-state index contributed by atoms with van der Waals surface area (Å²) in [4.78, 5) is 0. The van der Waals surface area contributed by atoms with E-state index in [1.54, 1.807) is 0 Å². The van der Waals surface area contributed by atoms with E-state index in [9.17, 15) is 0 Å². The Kier molecular flexibility index (Phi) is 10.2. The lowest BCUT2D eigenvalue weighted by atomic mass is 10.1. The third-order valence-electron chi connectivity index (χ3n) is 6.64. The molecular formula is C23H42O6. The molecule has 0 spiro atoms. The van der Waals surface area contributed by atoms with Gasteiger partial charge in [-0.25, -0.2) is 0 Å². The zero-order valence-corrected chi connectivity index (χ0v) is 18.6. The first-order chi connectivity index (χ1) is 14.3. The summed E-state index contributed by atoms with van der Waals surface area (Å²) in [6, 6.07) is 0. The van der Waals surface area contributed by atoms with Crippen molar-refractivity contribution in [1.82, 2.24) is 0 Å². The van der Waals surface area contributed by atoms with Gasteiger partial charge in [0.25, 0.3) is 0 Å². The van der Waals surface area contributed by atoms with Gasteiger partial charge in [0.05, 0.1) is 64.6 Å². The van der Waals surface area contributed by atoms with Crippen molar-refractivity contribution < 1.29 is 28.4 Å². The minimum absolute atomic E-state index is 0.101. The van der Waals surface area contributed by atoms with E-state index >= 15 is 0 Å². The summed E-state index contributed by atoms with van der Waals surface area (Å²) in [6.07, 6.45) is 7.40. The highest BCUT2D eigenvalue weighted by Gasteiger charge is 2.80. The molecule has 0 radical (unpaired) electrons. The topological polar surface area (TPSA) is 55.4 Å². The number of hydrogen-bond acceptors (Lipinski definition) is 6. The Morgan fingerprint density at radius 1 is 0.690 bits per heavy atom. The fourth-order valence-corrected chi connectivity index (χ4v) is 5.20. The molecule has 0 saturated heterocycles. The molecule has 0 N–H and O–H groups in total. The highest BCUT2D eigenvalue weighted by Crippen LogP contribution is 2.75. The van der Waals surface area contributed by atoms with Crippen molar-refractivity contribution >= 4 is 0 Å². The van der Waals surface area contributed by atoms with E-state index in [0.717, 1.165) is 26.1 Å². The minimum Gasteiger partial charge on any atom is -0.379 e. The average molecular weight is 415 g/mol. The largest absolute Gasteiger partial charge is 0.379 e. The molecule has 0 aliphatic heterocycles. The monoisotopic (exact) mass is 414 g/mol. The Morgan fingerprint density at radius 2 is 1.24 bits per heavy atom. The van der Waals surface area contributed by atoms with Gasteiger partial charge in [-0.1, -0.05) is 26.7 Å². The molecule has 6 heteroatoms. The maximum atomic E-state index is 6.29. The van der Waals surface area contributed by atoms with Gasteiger partial charge in [-0.15, -0.1) is 0 Å². The predicted octanol–water partition coefficient (Wildman–Crippen LogP) is 3.46. The van der Waals surface area contributed by atoms with Crippen molar-refractivity contribution in [3.63, 3.8) is 0 Å². The molecule has 4 bridgehead atoms. The maximum absolute atomic E-state index is 6.29. The zero-order chi connectivity index (χ0) is 20.4. The summed E-state index contributed by atoms with van der Waals surface area (Å²) in [5.41, 5.74) is 0.101. The molecule has 6 nitrogen and oxygen atoms in total. The lowest BCUT2D eigenvalue weighted by molar-refractivity contribution is -0.0384. The minimum atomic E-state index is 0.101.